The van der Waals surface area contributed by atoms with Gasteiger partial charge in [-0.3, -0.25) is 0 Å². The molecule has 0 atom stereocenters. The summed E-state index contributed by atoms with van der Waals surface area (Å²) in [6.07, 6.45) is 4.14. The molecule has 0 aliphatic heterocycles. The summed E-state index contributed by atoms with van der Waals surface area (Å²) < 4.78 is 2.29. The van der Waals surface area contributed by atoms with Crippen molar-refractivity contribution in [3.63, 3.8) is 0 Å². The molecule has 0 radical (unpaired) electrons. The molecule has 0 fully saturated rings. The highest BCUT2D eigenvalue weighted by Gasteiger charge is 2.12. The monoisotopic (exact) mass is 216 g/mol. The molecule has 0 unspecified atom stereocenters. The Balaban J connectivity index is 2.57. The lowest BCUT2D eigenvalue weighted by molar-refractivity contribution is 0.531. The lowest BCUT2D eigenvalue weighted by Crippen LogP contribution is -2.03. The van der Waals surface area contributed by atoms with Crippen LogP contribution in [0.2, 0.25) is 0 Å². The number of aromatic nitrogens is 2. The minimum absolute atomic E-state index is 0.556. The lowest BCUT2D eigenvalue weighted by atomic mass is 10.0. The summed E-state index contributed by atoms with van der Waals surface area (Å²) in [6, 6.07) is 4.20. The van der Waals surface area contributed by atoms with Gasteiger partial charge in [-0.05, 0) is 29.5 Å². The Morgan fingerprint density at radius 2 is 2.00 bits per heavy atom. The van der Waals surface area contributed by atoms with Gasteiger partial charge in [-0.2, -0.15) is 0 Å². The van der Waals surface area contributed by atoms with Crippen molar-refractivity contribution in [1.82, 2.24) is 9.55 Å². The summed E-state index contributed by atoms with van der Waals surface area (Å²) in [5, 5.41) is 1.30. The molecule has 2 aromatic heterocycles. The zero-order valence-electron chi connectivity index (χ0n) is 10.6. The normalized spacial score (nSPS) is 11.9. The molecule has 0 aromatic carbocycles. The molecule has 0 N–H and O–H groups in total. The molecular formula is C14H20N2. The van der Waals surface area contributed by atoms with E-state index in [0.29, 0.717) is 11.8 Å². The van der Waals surface area contributed by atoms with Crippen molar-refractivity contribution in [1.29, 1.82) is 0 Å². The molecule has 2 heterocycles. The third kappa shape index (κ3) is 1.97. The molecule has 16 heavy (non-hydrogen) atoms. The molecule has 2 aromatic rings. The van der Waals surface area contributed by atoms with Gasteiger partial charge in [-0.25, -0.2) is 4.98 Å². The fourth-order valence-corrected chi connectivity index (χ4v) is 2.14. The first-order valence-corrected chi connectivity index (χ1v) is 6.03. The van der Waals surface area contributed by atoms with E-state index in [4.69, 9.17) is 0 Å². The fourth-order valence-electron chi connectivity index (χ4n) is 2.14. The highest BCUT2D eigenvalue weighted by molar-refractivity contribution is 5.80. The van der Waals surface area contributed by atoms with Crippen LogP contribution in [0.25, 0.3) is 11.0 Å². The third-order valence-electron chi connectivity index (χ3n) is 2.85. The minimum atomic E-state index is 0.556. The van der Waals surface area contributed by atoms with Gasteiger partial charge in [0.15, 0.2) is 0 Å². The largest absolute Gasteiger partial charge is 0.332 e. The molecule has 0 amide bonds. The summed E-state index contributed by atoms with van der Waals surface area (Å²) in [5.41, 5.74) is 2.53. The SMILES string of the molecule is CC(C)Cn1cc(C(C)C)c2cccnc21. The van der Waals surface area contributed by atoms with Crippen molar-refractivity contribution in [2.45, 2.75) is 40.2 Å². The quantitative estimate of drug-likeness (QED) is 0.762. The topological polar surface area (TPSA) is 17.8 Å². The van der Waals surface area contributed by atoms with E-state index in [-0.39, 0.29) is 0 Å². The molecule has 0 bridgehead atoms. The Hall–Kier alpha value is -1.31. The van der Waals surface area contributed by atoms with Crippen LogP contribution in [0.3, 0.4) is 0 Å². The average Bonchev–Trinajstić information content (AvgIpc) is 2.57. The molecule has 2 nitrogen and oxygen atoms in total. The first-order valence-electron chi connectivity index (χ1n) is 6.03. The zero-order valence-corrected chi connectivity index (χ0v) is 10.6. The second-order valence-corrected chi connectivity index (χ2v) is 5.16. The molecule has 0 aliphatic carbocycles. The summed E-state index contributed by atoms with van der Waals surface area (Å²) >= 11 is 0. The van der Waals surface area contributed by atoms with Crippen molar-refractivity contribution in [2.24, 2.45) is 5.92 Å². The fraction of sp³-hybridized carbons (Fsp3) is 0.500. The van der Waals surface area contributed by atoms with E-state index in [1.165, 1.54) is 10.9 Å². The van der Waals surface area contributed by atoms with Crippen molar-refractivity contribution in [2.75, 3.05) is 0 Å². The molecule has 0 saturated heterocycles. The van der Waals surface area contributed by atoms with Crippen LogP contribution in [0.1, 0.15) is 39.2 Å². The van der Waals surface area contributed by atoms with Gasteiger partial charge in [-0.15, -0.1) is 0 Å². The van der Waals surface area contributed by atoms with Crippen LogP contribution in [-0.4, -0.2) is 9.55 Å². The van der Waals surface area contributed by atoms with Crippen LogP contribution < -0.4 is 0 Å². The van der Waals surface area contributed by atoms with Crippen molar-refractivity contribution in [3.05, 3.63) is 30.1 Å². The second kappa shape index (κ2) is 4.28. The van der Waals surface area contributed by atoms with E-state index in [0.717, 1.165) is 12.2 Å². The van der Waals surface area contributed by atoms with E-state index in [9.17, 15) is 0 Å². The smallest absolute Gasteiger partial charge is 0.140 e. The molecule has 2 rings (SSSR count). The molecule has 2 heteroatoms. The first kappa shape index (κ1) is 11.2. The van der Waals surface area contributed by atoms with Crippen LogP contribution in [-0.2, 0) is 6.54 Å². The van der Waals surface area contributed by atoms with Gasteiger partial charge in [0.2, 0.25) is 0 Å². The Labute approximate surface area is 97.3 Å². The second-order valence-electron chi connectivity index (χ2n) is 5.16. The highest BCUT2D eigenvalue weighted by atomic mass is 15.0. The number of hydrogen-bond acceptors (Lipinski definition) is 1. The molecule has 86 valence electrons. The van der Waals surface area contributed by atoms with E-state index in [1.807, 2.05) is 12.3 Å². The van der Waals surface area contributed by atoms with Gasteiger partial charge in [0.05, 0.1) is 0 Å². The molecule has 0 saturated carbocycles. The summed E-state index contributed by atoms with van der Waals surface area (Å²) in [7, 11) is 0. The number of nitrogens with zero attached hydrogens (tertiary/aromatic N) is 2. The maximum atomic E-state index is 4.50. The van der Waals surface area contributed by atoms with E-state index in [1.54, 1.807) is 0 Å². The van der Waals surface area contributed by atoms with Crippen LogP contribution in [0.5, 0.6) is 0 Å². The summed E-state index contributed by atoms with van der Waals surface area (Å²) in [4.78, 5) is 4.50. The lowest BCUT2D eigenvalue weighted by Gasteiger charge is -2.06. The van der Waals surface area contributed by atoms with Crippen LogP contribution in [0.4, 0.5) is 0 Å². The number of rotatable bonds is 3. The van der Waals surface area contributed by atoms with Crippen molar-refractivity contribution >= 4 is 11.0 Å². The Bertz CT molecular complexity index is 480. The Morgan fingerprint density at radius 1 is 1.25 bits per heavy atom. The predicted octanol–water partition coefficient (Wildman–Crippen LogP) is 3.82. The highest BCUT2D eigenvalue weighted by Crippen LogP contribution is 2.26. The van der Waals surface area contributed by atoms with E-state index < -0.39 is 0 Å². The van der Waals surface area contributed by atoms with Crippen molar-refractivity contribution in [3.8, 4) is 0 Å². The first-order chi connectivity index (χ1) is 7.59. The maximum absolute atomic E-state index is 4.50. The van der Waals surface area contributed by atoms with Crippen LogP contribution in [0.15, 0.2) is 24.5 Å². The third-order valence-corrected chi connectivity index (χ3v) is 2.85. The molecular weight excluding hydrogens is 196 g/mol. The Kier molecular flexibility index (Phi) is 2.99. The number of pyridine rings is 1. The maximum Gasteiger partial charge on any atom is 0.140 e. The number of fused-ring (bicyclic) bond motifs is 1. The minimum Gasteiger partial charge on any atom is -0.332 e. The predicted molar refractivity (Wildman–Crippen MR) is 68.7 cm³/mol. The van der Waals surface area contributed by atoms with Gasteiger partial charge >= 0.3 is 0 Å². The van der Waals surface area contributed by atoms with E-state index in [2.05, 4.69) is 49.5 Å². The van der Waals surface area contributed by atoms with Gasteiger partial charge in [0, 0.05) is 24.3 Å². The average molecular weight is 216 g/mol. The van der Waals surface area contributed by atoms with Gasteiger partial charge in [0.1, 0.15) is 5.65 Å². The van der Waals surface area contributed by atoms with Gasteiger partial charge < -0.3 is 4.57 Å². The van der Waals surface area contributed by atoms with Crippen LogP contribution in [0, 0.1) is 5.92 Å². The van der Waals surface area contributed by atoms with Gasteiger partial charge in [-0.1, -0.05) is 27.7 Å². The van der Waals surface area contributed by atoms with Gasteiger partial charge in [0.25, 0.3) is 0 Å². The van der Waals surface area contributed by atoms with E-state index >= 15 is 0 Å². The standard InChI is InChI=1S/C14H20N2/c1-10(2)8-16-9-13(11(3)4)12-6-5-7-15-14(12)16/h5-7,9-11H,8H2,1-4H3. The van der Waals surface area contributed by atoms with Crippen LogP contribution >= 0.6 is 0 Å². The van der Waals surface area contributed by atoms with Crippen molar-refractivity contribution < 1.29 is 0 Å². The summed E-state index contributed by atoms with van der Waals surface area (Å²) in [6.45, 7) is 10.00. The molecule has 0 aliphatic rings. The molecule has 0 spiro atoms. The Morgan fingerprint density at radius 3 is 2.62 bits per heavy atom. The zero-order chi connectivity index (χ0) is 11.7. The number of hydrogen-bond donors (Lipinski definition) is 0. The summed E-state index contributed by atoms with van der Waals surface area (Å²) in [5.74, 6) is 1.21.